The summed E-state index contributed by atoms with van der Waals surface area (Å²) in [6.07, 6.45) is 9.34. The summed E-state index contributed by atoms with van der Waals surface area (Å²) in [5.41, 5.74) is 8.83. The molecular formula is C33H41N9O2S. The lowest BCUT2D eigenvalue weighted by atomic mass is 9.72. The summed E-state index contributed by atoms with van der Waals surface area (Å²) in [5, 5.41) is 14.9. The molecule has 1 atom stereocenters. The summed E-state index contributed by atoms with van der Waals surface area (Å²) < 4.78 is 5.99. The first-order chi connectivity index (χ1) is 21.9. The van der Waals surface area contributed by atoms with E-state index in [0.717, 1.165) is 73.4 Å². The zero-order valence-corrected chi connectivity index (χ0v) is 26.8. The number of hydrogen-bond donors (Lipinski definition) is 1. The molecule has 1 amide bonds. The van der Waals surface area contributed by atoms with Crippen LogP contribution in [0.5, 0.6) is 0 Å². The number of nitrogens with zero attached hydrogens (tertiary/aromatic N) is 8. The zero-order chi connectivity index (χ0) is 31.1. The molecule has 11 nitrogen and oxygen atoms in total. The molecule has 3 aromatic rings. The van der Waals surface area contributed by atoms with Crippen LogP contribution in [0.3, 0.4) is 0 Å². The number of nitriles is 1. The minimum Gasteiger partial charge on any atom is -0.389 e. The van der Waals surface area contributed by atoms with Crippen molar-refractivity contribution < 1.29 is 9.32 Å². The Morgan fingerprint density at radius 1 is 1.09 bits per heavy atom. The monoisotopic (exact) mass is 627 g/mol. The van der Waals surface area contributed by atoms with Gasteiger partial charge in [0.2, 0.25) is 17.6 Å². The van der Waals surface area contributed by atoms with Crippen molar-refractivity contribution in [1.82, 2.24) is 24.9 Å². The molecule has 2 saturated heterocycles. The second kappa shape index (κ2) is 12.1. The molecule has 0 radical (unpaired) electrons. The van der Waals surface area contributed by atoms with Crippen LogP contribution in [0.2, 0.25) is 0 Å². The molecule has 12 heteroatoms. The van der Waals surface area contributed by atoms with Gasteiger partial charge in [0, 0.05) is 80.6 Å². The molecule has 2 aliphatic heterocycles. The van der Waals surface area contributed by atoms with Crippen LogP contribution in [0.4, 0.5) is 16.5 Å². The highest BCUT2D eigenvalue weighted by Crippen LogP contribution is 2.48. The van der Waals surface area contributed by atoms with Gasteiger partial charge in [-0.2, -0.15) is 10.2 Å². The van der Waals surface area contributed by atoms with Crippen molar-refractivity contribution in [3.63, 3.8) is 0 Å². The van der Waals surface area contributed by atoms with Crippen molar-refractivity contribution in [2.45, 2.75) is 63.3 Å². The maximum absolute atomic E-state index is 12.2. The average molecular weight is 628 g/mol. The fraction of sp³-hybridized carbons (Fsp3) is 0.545. The molecule has 0 aromatic carbocycles. The first-order valence-electron chi connectivity index (χ1n) is 16.2. The lowest BCUT2D eigenvalue weighted by Crippen LogP contribution is -2.50. The Morgan fingerprint density at radius 2 is 1.82 bits per heavy atom. The molecule has 236 valence electrons. The Kier molecular flexibility index (Phi) is 8.00. The van der Waals surface area contributed by atoms with Gasteiger partial charge >= 0.3 is 0 Å². The maximum atomic E-state index is 12.2. The molecule has 2 aliphatic carbocycles. The number of carbonyl (C=O) groups is 1. The van der Waals surface area contributed by atoms with Crippen LogP contribution in [0.25, 0.3) is 11.5 Å². The molecule has 7 rings (SSSR count). The van der Waals surface area contributed by atoms with Gasteiger partial charge < -0.3 is 25.0 Å². The van der Waals surface area contributed by atoms with Crippen LogP contribution in [0, 0.1) is 11.3 Å². The van der Waals surface area contributed by atoms with E-state index in [1.54, 1.807) is 0 Å². The van der Waals surface area contributed by atoms with E-state index in [1.807, 2.05) is 11.0 Å². The number of rotatable bonds is 6. The molecule has 45 heavy (non-hydrogen) atoms. The third kappa shape index (κ3) is 5.46. The second-order valence-corrected chi connectivity index (χ2v) is 14.0. The lowest BCUT2D eigenvalue weighted by molar-refractivity contribution is -0.126. The first-order valence-corrected chi connectivity index (χ1v) is 17.0. The summed E-state index contributed by atoms with van der Waals surface area (Å²) in [6, 6.07) is 7.25. The SMILES string of the molecule is C=CC(=O)N1CCN(c2cc(-c3noc(C4(C)CCCc5sc(N)c(C#N)c54)n3)nc(N3CCN(C4CCCC4)CC3)c2)CC1. The number of carbonyl (C=O) groups excluding carboxylic acids is 1. The van der Waals surface area contributed by atoms with Crippen LogP contribution in [-0.4, -0.2) is 89.2 Å². The molecule has 0 bridgehead atoms. The van der Waals surface area contributed by atoms with Crippen molar-refractivity contribution in [3.8, 4) is 17.6 Å². The van der Waals surface area contributed by atoms with Gasteiger partial charge in [0.15, 0.2) is 0 Å². The zero-order valence-electron chi connectivity index (χ0n) is 26.0. The molecule has 3 aromatic heterocycles. The number of nitrogens with two attached hydrogens (primary N) is 1. The van der Waals surface area contributed by atoms with Gasteiger partial charge in [-0.15, -0.1) is 11.3 Å². The van der Waals surface area contributed by atoms with Crippen LogP contribution in [0.15, 0.2) is 29.3 Å². The minimum absolute atomic E-state index is 0.0310. The topological polar surface area (TPSA) is 132 Å². The Bertz CT molecular complexity index is 1620. The fourth-order valence-electron chi connectivity index (χ4n) is 7.72. The third-order valence-corrected chi connectivity index (χ3v) is 11.4. The summed E-state index contributed by atoms with van der Waals surface area (Å²) in [7, 11) is 0. The van der Waals surface area contributed by atoms with E-state index < -0.39 is 5.41 Å². The highest BCUT2D eigenvalue weighted by Gasteiger charge is 2.43. The average Bonchev–Trinajstić information content (AvgIpc) is 3.85. The number of aryl methyl sites for hydroxylation is 1. The number of aromatic nitrogens is 3. The third-order valence-electron chi connectivity index (χ3n) is 10.3. The smallest absolute Gasteiger partial charge is 0.246 e. The van der Waals surface area contributed by atoms with Crippen molar-refractivity contribution in [1.29, 1.82) is 5.26 Å². The summed E-state index contributed by atoms with van der Waals surface area (Å²) in [4.78, 5) is 32.6. The number of hydrogen-bond acceptors (Lipinski definition) is 11. The van der Waals surface area contributed by atoms with Crippen LogP contribution < -0.4 is 15.5 Å². The van der Waals surface area contributed by atoms with Crippen molar-refractivity contribution in [3.05, 3.63) is 46.7 Å². The highest BCUT2D eigenvalue weighted by atomic mass is 32.1. The number of fused-ring (bicyclic) bond motifs is 1. The molecule has 2 N–H and O–H groups in total. The second-order valence-electron chi connectivity index (χ2n) is 12.9. The number of pyridine rings is 1. The van der Waals surface area contributed by atoms with E-state index in [9.17, 15) is 10.1 Å². The number of thiophene rings is 1. The van der Waals surface area contributed by atoms with E-state index in [2.05, 4.69) is 45.5 Å². The van der Waals surface area contributed by atoms with Gasteiger partial charge in [-0.1, -0.05) is 24.6 Å². The molecule has 0 spiro atoms. The lowest BCUT2D eigenvalue weighted by Gasteiger charge is -2.39. The normalized spacial score (nSPS) is 22.8. The van der Waals surface area contributed by atoms with Gasteiger partial charge in [0.1, 0.15) is 22.6 Å². The van der Waals surface area contributed by atoms with Gasteiger partial charge in [-0.25, -0.2) is 4.98 Å². The Morgan fingerprint density at radius 3 is 2.53 bits per heavy atom. The summed E-state index contributed by atoms with van der Waals surface area (Å²) in [6.45, 7) is 12.3. The Labute approximate surface area is 268 Å². The minimum atomic E-state index is -0.594. The molecule has 4 aliphatic rings. The van der Waals surface area contributed by atoms with Gasteiger partial charge in [0.05, 0.1) is 11.0 Å². The molecule has 1 unspecified atom stereocenters. The van der Waals surface area contributed by atoms with Crippen molar-refractivity contribution in [2.24, 2.45) is 0 Å². The van der Waals surface area contributed by atoms with E-state index >= 15 is 0 Å². The largest absolute Gasteiger partial charge is 0.389 e. The van der Waals surface area contributed by atoms with E-state index in [0.29, 0.717) is 54.2 Å². The molecule has 5 heterocycles. The number of amides is 1. The standard InChI is InChI=1S/C33H41N9O2S/c1-3-28(43)42-17-13-40(14-18-42)23-19-25(36-27(20-23)41-15-11-39(12-16-41)22-7-4-5-8-22)31-37-32(44-38-31)33(2)10-6-9-26-29(33)24(21-34)30(35)45-26/h3,19-20,22H,1,4-18,35H2,2H3. The van der Waals surface area contributed by atoms with E-state index in [4.69, 9.17) is 20.2 Å². The van der Waals surface area contributed by atoms with Gasteiger partial charge in [-0.05, 0) is 51.2 Å². The fourth-order valence-corrected chi connectivity index (χ4v) is 8.91. The number of piperazine rings is 2. The quantitative estimate of drug-likeness (QED) is 0.397. The van der Waals surface area contributed by atoms with Crippen molar-refractivity contribution in [2.75, 3.05) is 67.9 Å². The number of nitrogen functional groups attached to an aromatic ring is 1. The molecule has 1 saturated carbocycles. The summed E-state index contributed by atoms with van der Waals surface area (Å²) >= 11 is 1.50. The van der Waals surface area contributed by atoms with Crippen molar-refractivity contribution >= 4 is 33.8 Å². The van der Waals surface area contributed by atoms with Gasteiger partial charge in [-0.3, -0.25) is 9.69 Å². The Hall–Kier alpha value is -3.95. The molecule has 3 fully saturated rings. The predicted molar refractivity (Wildman–Crippen MR) is 175 cm³/mol. The molecular weight excluding hydrogens is 586 g/mol. The van der Waals surface area contributed by atoms with Crippen LogP contribution in [0.1, 0.15) is 67.3 Å². The van der Waals surface area contributed by atoms with Gasteiger partial charge in [0.25, 0.3) is 0 Å². The predicted octanol–water partition coefficient (Wildman–Crippen LogP) is 4.19. The Balaban J connectivity index is 1.20. The van der Waals surface area contributed by atoms with Crippen LogP contribution >= 0.6 is 11.3 Å². The highest BCUT2D eigenvalue weighted by molar-refractivity contribution is 7.16. The van der Waals surface area contributed by atoms with E-state index in [1.165, 1.54) is 43.1 Å². The number of anilines is 3. The first kappa shape index (κ1) is 29.7. The van der Waals surface area contributed by atoms with Crippen LogP contribution in [-0.2, 0) is 16.6 Å². The van der Waals surface area contributed by atoms with E-state index in [-0.39, 0.29) is 5.91 Å². The summed E-state index contributed by atoms with van der Waals surface area (Å²) in [5.74, 6) is 1.81. The maximum Gasteiger partial charge on any atom is 0.246 e.